The van der Waals surface area contributed by atoms with E-state index in [1.807, 2.05) is 0 Å². The second-order valence-electron chi connectivity index (χ2n) is 7.36. The molecule has 12 heteroatoms. The van der Waals surface area contributed by atoms with E-state index < -0.39 is 34.4 Å². The summed E-state index contributed by atoms with van der Waals surface area (Å²) < 4.78 is 36.6. The van der Waals surface area contributed by atoms with Crippen molar-refractivity contribution in [2.75, 3.05) is 38.4 Å². The molecule has 0 aliphatic carbocycles. The standard InChI is InChI=1S/C22H27Cl2N3O6S/c1-14(22(29)25-2)26(12-15-6-7-16(23)10-18(15)24)21(28)13-27(34(5,30)31)17-8-9-19(32-3)20(11-17)33-4/h6-11,14H,12-13H2,1-5H3,(H,25,29)/t14-/m1/s1. The minimum atomic E-state index is -3.88. The van der Waals surface area contributed by atoms with Crippen LogP contribution in [0.2, 0.25) is 10.0 Å². The van der Waals surface area contributed by atoms with Crippen molar-refractivity contribution >= 4 is 50.7 Å². The predicted octanol–water partition coefficient (Wildman–Crippen LogP) is 2.94. The molecule has 0 radical (unpaired) electrons. The number of methoxy groups -OCH3 is 2. The number of amides is 2. The molecule has 0 aliphatic heterocycles. The van der Waals surface area contributed by atoms with Crippen LogP contribution in [0.1, 0.15) is 12.5 Å². The van der Waals surface area contributed by atoms with Gasteiger partial charge in [-0.3, -0.25) is 13.9 Å². The van der Waals surface area contributed by atoms with Gasteiger partial charge in [0.05, 0.1) is 26.2 Å². The minimum Gasteiger partial charge on any atom is -0.493 e. The maximum absolute atomic E-state index is 13.4. The first kappa shape index (κ1) is 27.6. The van der Waals surface area contributed by atoms with E-state index in [2.05, 4.69) is 5.32 Å². The fourth-order valence-corrected chi connectivity index (χ4v) is 4.53. The SMILES string of the molecule is CNC(=O)[C@@H](C)N(Cc1ccc(Cl)cc1Cl)C(=O)CN(c1ccc(OC)c(OC)c1)S(C)(=O)=O. The fourth-order valence-electron chi connectivity index (χ4n) is 3.22. The monoisotopic (exact) mass is 531 g/mol. The first-order chi connectivity index (χ1) is 15.9. The lowest BCUT2D eigenvalue weighted by Gasteiger charge is -2.31. The molecule has 2 aromatic rings. The third-order valence-corrected chi connectivity index (χ3v) is 6.83. The molecule has 2 aromatic carbocycles. The van der Waals surface area contributed by atoms with E-state index >= 15 is 0 Å². The molecule has 0 saturated carbocycles. The van der Waals surface area contributed by atoms with Crippen LogP contribution in [-0.4, -0.2) is 65.2 Å². The second-order valence-corrected chi connectivity index (χ2v) is 10.1. The molecule has 0 bridgehead atoms. The topological polar surface area (TPSA) is 105 Å². The number of hydrogen-bond acceptors (Lipinski definition) is 6. The average Bonchev–Trinajstić information content (AvgIpc) is 2.79. The van der Waals surface area contributed by atoms with Crippen LogP contribution in [0.3, 0.4) is 0 Å². The average molecular weight is 532 g/mol. The normalized spacial score (nSPS) is 12.0. The number of likely N-dealkylation sites (N-methyl/N-ethyl adjacent to an activating group) is 1. The van der Waals surface area contributed by atoms with Gasteiger partial charge in [0.25, 0.3) is 0 Å². The number of sulfonamides is 1. The molecule has 0 spiro atoms. The van der Waals surface area contributed by atoms with E-state index in [4.69, 9.17) is 32.7 Å². The number of nitrogens with zero attached hydrogens (tertiary/aromatic N) is 2. The third kappa shape index (κ3) is 6.68. The Bertz CT molecular complexity index is 1160. The molecule has 0 heterocycles. The van der Waals surface area contributed by atoms with Crippen molar-refractivity contribution in [3.8, 4) is 11.5 Å². The van der Waals surface area contributed by atoms with Crippen LogP contribution in [0.15, 0.2) is 36.4 Å². The number of rotatable bonds is 10. The summed E-state index contributed by atoms with van der Waals surface area (Å²) in [5, 5.41) is 3.24. The summed E-state index contributed by atoms with van der Waals surface area (Å²) in [6.45, 7) is 0.954. The van der Waals surface area contributed by atoms with Crippen LogP contribution >= 0.6 is 23.2 Å². The summed E-state index contributed by atoms with van der Waals surface area (Å²) in [5.41, 5.74) is 0.748. The van der Waals surface area contributed by atoms with Gasteiger partial charge in [0.15, 0.2) is 11.5 Å². The van der Waals surface area contributed by atoms with E-state index in [9.17, 15) is 18.0 Å². The lowest BCUT2D eigenvalue weighted by Crippen LogP contribution is -2.50. The number of ether oxygens (including phenoxy) is 2. The lowest BCUT2D eigenvalue weighted by molar-refractivity contribution is -0.139. The van der Waals surface area contributed by atoms with Gasteiger partial charge in [-0.15, -0.1) is 0 Å². The van der Waals surface area contributed by atoms with Gasteiger partial charge >= 0.3 is 0 Å². The highest BCUT2D eigenvalue weighted by atomic mass is 35.5. The highest BCUT2D eigenvalue weighted by Gasteiger charge is 2.30. The first-order valence-electron chi connectivity index (χ1n) is 10.1. The molecule has 2 amide bonds. The van der Waals surface area contributed by atoms with Crippen molar-refractivity contribution in [1.82, 2.24) is 10.2 Å². The maximum atomic E-state index is 13.4. The quantitative estimate of drug-likeness (QED) is 0.505. The number of carbonyl (C=O) groups is 2. The van der Waals surface area contributed by atoms with Crippen LogP contribution in [0.5, 0.6) is 11.5 Å². The molecule has 0 aliphatic rings. The van der Waals surface area contributed by atoms with E-state index in [0.717, 1.165) is 10.6 Å². The van der Waals surface area contributed by atoms with E-state index in [0.29, 0.717) is 27.1 Å². The molecule has 186 valence electrons. The molecule has 1 atom stereocenters. The smallest absolute Gasteiger partial charge is 0.244 e. The van der Waals surface area contributed by atoms with Crippen molar-refractivity contribution in [2.45, 2.75) is 19.5 Å². The highest BCUT2D eigenvalue weighted by molar-refractivity contribution is 7.92. The van der Waals surface area contributed by atoms with Crippen LogP contribution in [-0.2, 0) is 26.2 Å². The molecule has 0 fully saturated rings. The Kier molecular flexibility index (Phi) is 9.43. The summed E-state index contributed by atoms with van der Waals surface area (Å²) in [5.74, 6) is -0.333. The first-order valence-corrected chi connectivity index (χ1v) is 12.7. The Hall–Kier alpha value is -2.69. The predicted molar refractivity (Wildman–Crippen MR) is 132 cm³/mol. The Morgan fingerprint density at radius 2 is 1.71 bits per heavy atom. The molecular formula is C22H27Cl2N3O6S. The zero-order valence-corrected chi connectivity index (χ0v) is 21.8. The van der Waals surface area contributed by atoms with Crippen LogP contribution in [0.4, 0.5) is 5.69 Å². The van der Waals surface area contributed by atoms with Crippen molar-refractivity contribution in [3.05, 3.63) is 52.0 Å². The number of carbonyl (C=O) groups excluding carboxylic acids is 2. The van der Waals surface area contributed by atoms with Gasteiger partial charge < -0.3 is 19.7 Å². The Morgan fingerprint density at radius 1 is 1.06 bits per heavy atom. The number of anilines is 1. The molecule has 9 nitrogen and oxygen atoms in total. The number of nitrogens with one attached hydrogen (secondary N) is 1. The van der Waals surface area contributed by atoms with E-state index in [-0.39, 0.29) is 12.2 Å². The van der Waals surface area contributed by atoms with Crippen molar-refractivity contribution in [1.29, 1.82) is 0 Å². The van der Waals surface area contributed by atoms with Crippen molar-refractivity contribution in [2.24, 2.45) is 0 Å². The molecule has 1 N–H and O–H groups in total. The minimum absolute atomic E-state index is 0.0348. The zero-order chi connectivity index (χ0) is 25.6. The number of halogens is 2. The van der Waals surface area contributed by atoms with Crippen LogP contribution in [0, 0.1) is 0 Å². The fraction of sp³-hybridized carbons (Fsp3) is 0.364. The van der Waals surface area contributed by atoms with Crippen LogP contribution in [0.25, 0.3) is 0 Å². The molecule has 34 heavy (non-hydrogen) atoms. The molecule has 0 aromatic heterocycles. The summed E-state index contributed by atoms with van der Waals surface area (Å²) in [6, 6.07) is 8.37. The number of benzene rings is 2. The largest absolute Gasteiger partial charge is 0.493 e. The molecule has 0 unspecified atom stereocenters. The van der Waals surface area contributed by atoms with Crippen molar-refractivity contribution < 1.29 is 27.5 Å². The van der Waals surface area contributed by atoms with E-state index in [1.165, 1.54) is 50.4 Å². The van der Waals surface area contributed by atoms with Gasteiger partial charge in [-0.05, 0) is 36.8 Å². The van der Waals surface area contributed by atoms with Gasteiger partial charge in [0, 0.05) is 29.7 Å². The third-order valence-electron chi connectivity index (χ3n) is 5.10. The number of hydrogen-bond donors (Lipinski definition) is 1. The lowest BCUT2D eigenvalue weighted by atomic mass is 10.1. The van der Waals surface area contributed by atoms with Gasteiger partial charge in [-0.25, -0.2) is 8.42 Å². The second kappa shape index (κ2) is 11.6. The van der Waals surface area contributed by atoms with Gasteiger partial charge in [0.1, 0.15) is 12.6 Å². The summed E-state index contributed by atoms with van der Waals surface area (Å²) in [4.78, 5) is 27.0. The van der Waals surface area contributed by atoms with E-state index in [1.54, 1.807) is 19.1 Å². The molecular weight excluding hydrogens is 505 g/mol. The Balaban J connectivity index is 2.46. The van der Waals surface area contributed by atoms with Crippen LogP contribution < -0.4 is 19.1 Å². The summed E-state index contributed by atoms with van der Waals surface area (Å²) >= 11 is 12.2. The van der Waals surface area contributed by atoms with Gasteiger partial charge in [0.2, 0.25) is 21.8 Å². The maximum Gasteiger partial charge on any atom is 0.244 e. The van der Waals surface area contributed by atoms with Crippen molar-refractivity contribution in [3.63, 3.8) is 0 Å². The van der Waals surface area contributed by atoms with Gasteiger partial charge in [-0.2, -0.15) is 0 Å². The zero-order valence-electron chi connectivity index (χ0n) is 19.5. The Labute approximate surface area is 209 Å². The summed E-state index contributed by atoms with van der Waals surface area (Å²) in [7, 11) is 0.434. The molecule has 0 saturated heterocycles. The summed E-state index contributed by atoms with van der Waals surface area (Å²) in [6.07, 6.45) is 0.986. The molecule has 2 rings (SSSR count). The Morgan fingerprint density at radius 3 is 2.24 bits per heavy atom. The highest BCUT2D eigenvalue weighted by Crippen LogP contribution is 2.32. The van der Waals surface area contributed by atoms with Gasteiger partial charge in [-0.1, -0.05) is 29.3 Å².